The van der Waals surface area contributed by atoms with Crippen LogP contribution in [-0.4, -0.2) is 49.9 Å². The molecule has 0 spiro atoms. The molecule has 0 N–H and O–H groups in total. The lowest BCUT2D eigenvalue weighted by atomic mass is 9.85. The molecule has 26 heavy (non-hydrogen) atoms. The van der Waals surface area contributed by atoms with E-state index in [0.29, 0.717) is 25.9 Å². The summed E-state index contributed by atoms with van der Waals surface area (Å²) >= 11 is 0. The fraction of sp³-hybridized carbons (Fsp3) is 0.842. The van der Waals surface area contributed by atoms with Gasteiger partial charge in [-0.25, -0.2) is 0 Å². The zero-order chi connectivity index (χ0) is 19.5. The molecule has 0 bridgehead atoms. The highest BCUT2D eigenvalue weighted by molar-refractivity contribution is 5.81. The van der Waals surface area contributed by atoms with E-state index in [4.69, 9.17) is 18.9 Å². The third-order valence-electron chi connectivity index (χ3n) is 4.31. The average molecular weight is 372 g/mol. The lowest BCUT2D eigenvalue weighted by Crippen LogP contribution is -2.36. The monoisotopic (exact) mass is 372 g/mol. The molecule has 4 unspecified atom stereocenters. The number of carbonyl (C=O) groups is 3. The molecular weight excluding hydrogens is 340 g/mol. The third kappa shape index (κ3) is 7.83. The Hall–Kier alpha value is -1.47. The molecule has 0 aliphatic carbocycles. The molecule has 1 saturated heterocycles. The highest BCUT2D eigenvalue weighted by Crippen LogP contribution is 2.29. The number of esters is 2. The van der Waals surface area contributed by atoms with Crippen LogP contribution in [0.5, 0.6) is 0 Å². The van der Waals surface area contributed by atoms with Gasteiger partial charge in [-0.05, 0) is 25.2 Å². The zero-order valence-electron chi connectivity index (χ0n) is 16.3. The topological polar surface area (TPSA) is 88.1 Å². The molecule has 0 radical (unpaired) electrons. The second-order valence-corrected chi connectivity index (χ2v) is 6.73. The maximum Gasteiger partial charge on any atom is 0.305 e. The van der Waals surface area contributed by atoms with E-state index in [1.54, 1.807) is 0 Å². The number of rotatable bonds is 10. The van der Waals surface area contributed by atoms with Crippen molar-refractivity contribution in [3.05, 3.63) is 0 Å². The first-order chi connectivity index (χ1) is 12.4. The molecule has 1 fully saturated rings. The molecule has 1 aliphatic heterocycles. The van der Waals surface area contributed by atoms with Gasteiger partial charge in [-0.2, -0.15) is 0 Å². The summed E-state index contributed by atoms with van der Waals surface area (Å²) in [6.07, 6.45) is 1.32. The van der Waals surface area contributed by atoms with Gasteiger partial charge in [-0.3, -0.25) is 14.4 Å². The predicted molar refractivity (Wildman–Crippen MR) is 94.3 cm³/mol. The van der Waals surface area contributed by atoms with Gasteiger partial charge in [0.25, 0.3) is 0 Å². The Balaban J connectivity index is 2.65. The highest BCUT2D eigenvalue weighted by Gasteiger charge is 2.38. The Morgan fingerprint density at radius 2 is 1.77 bits per heavy atom. The van der Waals surface area contributed by atoms with E-state index in [1.165, 1.54) is 6.92 Å². The van der Waals surface area contributed by atoms with Crippen molar-refractivity contribution < 1.29 is 33.3 Å². The van der Waals surface area contributed by atoms with Crippen LogP contribution in [0.1, 0.15) is 59.8 Å². The van der Waals surface area contributed by atoms with Gasteiger partial charge in [0.05, 0.1) is 13.2 Å². The van der Waals surface area contributed by atoms with E-state index in [1.807, 2.05) is 20.8 Å². The van der Waals surface area contributed by atoms with Crippen LogP contribution in [0.15, 0.2) is 0 Å². The van der Waals surface area contributed by atoms with Crippen LogP contribution in [0.4, 0.5) is 0 Å². The summed E-state index contributed by atoms with van der Waals surface area (Å²) in [5.74, 6) is -0.764. The largest absolute Gasteiger partial charge is 0.463 e. The minimum absolute atomic E-state index is 0.0168. The molecule has 1 rings (SSSR count). The standard InChI is InChI=1S/C19H32O7/c1-5-7-16(21)15-11-17(26-14(4)20)19(25-12-13(15)3)24-10-9-23-18(22)8-6-2/h13,15,17,19H,5-12H2,1-4H3. The van der Waals surface area contributed by atoms with Crippen LogP contribution in [0.25, 0.3) is 0 Å². The minimum Gasteiger partial charge on any atom is -0.463 e. The van der Waals surface area contributed by atoms with Crippen molar-refractivity contribution in [1.82, 2.24) is 0 Å². The molecule has 0 aromatic rings. The van der Waals surface area contributed by atoms with Crippen LogP contribution in [0.3, 0.4) is 0 Å². The zero-order valence-corrected chi connectivity index (χ0v) is 16.3. The molecule has 0 aromatic heterocycles. The molecule has 4 atom stereocenters. The van der Waals surface area contributed by atoms with Crippen LogP contribution >= 0.6 is 0 Å². The molecule has 7 nitrogen and oxygen atoms in total. The van der Waals surface area contributed by atoms with Crippen molar-refractivity contribution in [2.45, 2.75) is 72.2 Å². The minimum atomic E-state index is -0.773. The van der Waals surface area contributed by atoms with Gasteiger partial charge in [0.15, 0.2) is 12.4 Å². The van der Waals surface area contributed by atoms with Gasteiger partial charge in [-0.15, -0.1) is 0 Å². The third-order valence-corrected chi connectivity index (χ3v) is 4.31. The van der Waals surface area contributed by atoms with Crippen LogP contribution in [-0.2, 0) is 33.3 Å². The van der Waals surface area contributed by atoms with E-state index in [0.717, 1.165) is 12.8 Å². The number of carbonyl (C=O) groups excluding carboxylic acids is 3. The summed E-state index contributed by atoms with van der Waals surface area (Å²) in [5, 5.41) is 0. The predicted octanol–water partition coefficient (Wildman–Crippen LogP) is 2.65. The maximum atomic E-state index is 12.4. The molecule has 1 heterocycles. The Kier molecular flexibility index (Phi) is 10.4. The van der Waals surface area contributed by atoms with Crippen molar-refractivity contribution in [2.24, 2.45) is 11.8 Å². The smallest absolute Gasteiger partial charge is 0.305 e. The lowest BCUT2D eigenvalue weighted by Gasteiger charge is -2.25. The Bertz CT molecular complexity index is 463. The molecule has 1 aliphatic rings. The number of ether oxygens (including phenoxy) is 4. The molecule has 0 amide bonds. The molecule has 0 aromatic carbocycles. The van der Waals surface area contributed by atoms with Gasteiger partial charge >= 0.3 is 11.9 Å². The van der Waals surface area contributed by atoms with Crippen molar-refractivity contribution in [3.63, 3.8) is 0 Å². The van der Waals surface area contributed by atoms with E-state index in [2.05, 4.69) is 0 Å². The fourth-order valence-corrected chi connectivity index (χ4v) is 3.01. The quantitative estimate of drug-likeness (QED) is 0.430. The average Bonchev–Trinajstić information content (AvgIpc) is 2.72. The van der Waals surface area contributed by atoms with Crippen molar-refractivity contribution in [1.29, 1.82) is 0 Å². The number of hydrogen-bond donors (Lipinski definition) is 0. The number of hydrogen-bond acceptors (Lipinski definition) is 7. The molecular formula is C19H32O7. The maximum absolute atomic E-state index is 12.4. The summed E-state index contributed by atoms with van der Waals surface area (Å²) in [4.78, 5) is 35.2. The van der Waals surface area contributed by atoms with E-state index < -0.39 is 18.4 Å². The second kappa shape index (κ2) is 12.0. The first-order valence-electron chi connectivity index (χ1n) is 9.47. The molecule has 150 valence electrons. The summed E-state index contributed by atoms with van der Waals surface area (Å²) < 4.78 is 21.8. The van der Waals surface area contributed by atoms with Crippen molar-refractivity contribution >= 4 is 17.7 Å². The van der Waals surface area contributed by atoms with Crippen molar-refractivity contribution in [3.8, 4) is 0 Å². The second-order valence-electron chi connectivity index (χ2n) is 6.73. The molecule has 0 saturated carbocycles. The highest BCUT2D eigenvalue weighted by atomic mass is 16.7. The first kappa shape index (κ1) is 22.6. The first-order valence-corrected chi connectivity index (χ1v) is 9.47. The summed E-state index contributed by atoms with van der Waals surface area (Å²) in [6, 6.07) is 0. The van der Waals surface area contributed by atoms with Gasteiger partial charge in [0.1, 0.15) is 12.4 Å². The van der Waals surface area contributed by atoms with Crippen LogP contribution in [0.2, 0.25) is 0 Å². The number of ketones is 1. The number of Topliss-reactive ketones (excluding diaryl/α,β-unsaturated/α-hetero) is 1. The van der Waals surface area contributed by atoms with Gasteiger partial charge in [0.2, 0.25) is 0 Å². The molecule has 7 heteroatoms. The Labute approximate surface area is 155 Å². The van der Waals surface area contributed by atoms with Crippen LogP contribution < -0.4 is 0 Å². The summed E-state index contributed by atoms with van der Waals surface area (Å²) in [5.41, 5.74) is 0. The van der Waals surface area contributed by atoms with Gasteiger partial charge in [-0.1, -0.05) is 20.8 Å². The lowest BCUT2D eigenvalue weighted by molar-refractivity contribution is -0.209. The van der Waals surface area contributed by atoms with E-state index >= 15 is 0 Å². The summed E-state index contributed by atoms with van der Waals surface area (Å²) in [7, 11) is 0. The van der Waals surface area contributed by atoms with Gasteiger partial charge in [0, 0.05) is 25.7 Å². The van der Waals surface area contributed by atoms with E-state index in [9.17, 15) is 14.4 Å². The van der Waals surface area contributed by atoms with Crippen molar-refractivity contribution in [2.75, 3.05) is 19.8 Å². The normalized spacial score (nSPS) is 26.0. The van der Waals surface area contributed by atoms with Gasteiger partial charge < -0.3 is 18.9 Å². The Morgan fingerprint density at radius 1 is 1.08 bits per heavy atom. The van der Waals surface area contributed by atoms with E-state index in [-0.39, 0.29) is 36.8 Å². The Morgan fingerprint density at radius 3 is 2.38 bits per heavy atom. The van der Waals surface area contributed by atoms with Crippen LogP contribution in [0, 0.1) is 11.8 Å². The SMILES string of the molecule is CCCC(=O)OCCOC1OCC(C)C(C(=O)CCC)CC1OC(C)=O. The summed E-state index contributed by atoms with van der Waals surface area (Å²) in [6.45, 7) is 7.74. The fourth-order valence-electron chi connectivity index (χ4n) is 3.01.